The predicted molar refractivity (Wildman–Crippen MR) is 136 cm³/mol. The molecular weight excluding hydrogens is 425 g/mol. The minimum Gasteiger partial charge on any atom is -0.347 e. The first-order valence-electron chi connectivity index (χ1n) is 12.0. The first-order chi connectivity index (χ1) is 16.4. The molecule has 0 bridgehead atoms. The molecule has 4 nitrogen and oxygen atoms in total. The van der Waals surface area contributed by atoms with Gasteiger partial charge in [0.1, 0.15) is 11.4 Å². The number of hydrogen-bond donors (Lipinski definition) is 1. The average molecular weight is 458 g/mol. The minimum absolute atomic E-state index is 0.0744. The highest BCUT2D eigenvalue weighted by Gasteiger charge is 2.53. The number of hydrazone groups is 1. The molecule has 0 fully saturated rings. The Bertz CT molecular complexity index is 1130. The topological polar surface area (TPSA) is 44.7 Å². The fourth-order valence-corrected chi connectivity index (χ4v) is 4.72. The predicted octanol–water partition coefficient (Wildman–Crippen LogP) is 6.49. The maximum atomic E-state index is 14.1. The van der Waals surface area contributed by atoms with Crippen molar-refractivity contribution in [3.05, 3.63) is 102 Å². The third kappa shape index (κ3) is 4.60. The zero-order valence-electron chi connectivity index (χ0n) is 20.0. The Morgan fingerprint density at radius 2 is 1.65 bits per heavy atom. The number of unbranched alkanes of at least 4 members (excludes halogenated alkanes) is 1. The van der Waals surface area contributed by atoms with Crippen molar-refractivity contribution in [2.75, 3.05) is 5.01 Å². The molecule has 1 amide bonds. The number of benzene rings is 3. The summed E-state index contributed by atoms with van der Waals surface area (Å²) in [6.45, 7) is 6.13. The van der Waals surface area contributed by atoms with Crippen LogP contribution in [0.25, 0.3) is 0 Å². The lowest BCUT2D eigenvalue weighted by molar-refractivity contribution is -0.127. The van der Waals surface area contributed by atoms with Crippen molar-refractivity contribution in [3.8, 4) is 0 Å². The quantitative estimate of drug-likeness (QED) is 0.420. The molecule has 0 saturated carbocycles. The van der Waals surface area contributed by atoms with E-state index in [1.165, 1.54) is 12.1 Å². The Kier molecular flexibility index (Phi) is 7.11. The van der Waals surface area contributed by atoms with Crippen LogP contribution in [-0.4, -0.2) is 17.2 Å². The van der Waals surface area contributed by atoms with Crippen LogP contribution in [0.3, 0.4) is 0 Å². The van der Waals surface area contributed by atoms with Crippen LogP contribution >= 0.6 is 0 Å². The fourth-order valence-electron chi connectivity index (χ4n) is 4.72. The minimum atomic E-state index is -0.941. The SMILES string of the molecule is CCCCC1C(c2ccc(F)cc2)=NN(c2ccccc2)C1(C)C(=O)N[C@H](C)c1ccccc1. The van der Waals surface area contributed by atoms with Gasteiger partial charge in [-0.3, -0.25) is 4.79 Å². The summed E-state index contributed by atoms with van der Waals surface area (Å²) in [6, 6.07) is 26.0. The second kappa shape index (κ2) is 10.2. The van der Waals surface area contributed by atoms with Crippen LogP contribution in [-0.2, 0) is 4.79 Å². The number of anilines is 1. The van der Waals surface area contributed by atoms with Crippen molar-refractivity contribution < 1.29 is 9.18 Å². The Hall–Kier alpha value is -3.47. The van der Waals surface area contributed by atoms with Crippen LogP contribution in [0.15, 0.2) is 90.0 Å². The first kappa shape index (κ1) is 23.7. The second-order valence-corrected chi connectivity index (χ2v) is 9.09. The summed E-state index contributed by atoms with van der Waals surface area (Å²) in [5, 5.41) is 10.1. The highest BCUT2D eigenvalue weighted by molar-refractivity contribution is 6.10. The summed E-state index contributed by atoms with van der Waals surface area (Å²) in [7, 11) is 0. The second-order valence-electron chi connectivity index (χ2n) is 9.09. The third-order valence-electron chi connectivity index (χ3n) is 6.75. The van der Waals surface area contributed by atoms with E-state index in [-0.39, 0.29) is 23.7 Å². The van der Waals surface area contributed by atoms with E-state index in [0.29, 0.717) is 0 Å². The van der Waals surface area contributed by atoms with Crippen LogP contribution < -0.4 is 10.3 Å². The van der Waals surface area contributed by atoms with Crippen molar-refractivity contribution in [3.63, 3.8) is 0 Å². The molecule has 0 radical (unpaired) electrons. The molecule has 0 saturated heterocycles. The fraction of sp³-hybridized carbons (Fsp3) is 0.310. The molecule has 3 aromatic carbocycles. The van der Waals surface area contributed by atoms with Gasteiger partial charge < -0.3 is 5.32 Å². The summed E-state index contributed by atoms with van der Waals surface area (Å²) in [6.07, 6.45) is 2.78. The van der Waals surface area contributed by atoms with Crippen molar-refractivity contribution in [2.24, 2.45) is 11.0 Å². The summed E-state index contributed by atoms with van der Waals surface area (Å²) in [5.41, 5.74) is 2.63. The van der Waals surface area contributed by atoms with Crippen LogP contribution in [0, 0.1) is 11.7 Å². The lowest BCUT2D eigenvalue weighted by Gasteiger charge is -2.38. The van der Waals surface area contributed by atoms with Gasteiger partial charge in [0.15, 0.2) is 0 Å². The van der Waals surface area contributed by atoms with Crippen LogP contribution in [0.1, 0.15) is 57.2 Å². The van der Waals surface area contributed by atoms with Crippen LogP contribution in [0.5, 0.6) is 0 Å². The van der Waals surface area contributed by atoms with Gasteiger partial charge in [0.05, 0.1) is 17.4 Å². The monoisotopic (exact) mass is 457 g/mol. The summed E-state index contributed by atoms with van der Waals surface area (Å²) in [5.74, 6) is -0.514. The zero-order chi connectivity index (χ0) is 24.1. The number of nitrogens with one attached hydrogen (secondary N) is 1. The molecule has 176 valence electrons. The lowest BCUT2D eigenvalue weighted by atomic mass is 9.76. The molecule has 1 aliphatic heterocycles. The number of para-hydroxylation sites is 1. The van der Waals surface area contributed by atoms with Gasteiger partial charge in [-0.05, 0) is 55.7 Å². The van der Waals surface area contributed by atoms with Crippen LogP contribution in [0.2, 0.25) is 0 Å². The van der Waals surface area contributed by atoms with Crippen molar-refractivity contribution in [1.82, 2.24) is 5.32 Å². The largest absolute Gasteiger partial charge is 0.347 e. The van der Waals surface area contributed by atoms with E-state index in [4.69, 9.17) is 5.10 Å². The highest BCUT2D eigenvalue weighted by atomic mass is 19.1. The zero-order valence-corrected chi connectivity index (χ0v) is 20.0. The molecular formula is C29H32FN3O. The van der Waals surface area contributed by atoms with Gasteiger partial charge in [-0.2, -0.15) is 5.10 Å². The molecule has 1 aliphatic rings. The number of carbonyl (C=O) groups excluding carboxylic acids is 1. The molecule has 34 heavy (non-hydrogen) atoms. The number of hydrogen-bond acceptors (Lipinski definition) is 3. The number of carbonyl (C=O) groups is 1. The molecule has 5 heteroatoms. The molecule has 3 atom stereocenters. The normalized spacial score (nSPS) is 20.6. The van der Waals surface area contributed by atoms with E-state index in [9.17, 15) is 9.18 Å². The standard InChI is InChI=1S/C29H32FN3O/c1-4-5-16-26-27(23-17-19-24(30)20-18-23)32-33(25-14-10-7-11-15-25)29(26,3)28(34)31-21(2)22-12-8-6-9-13-22/h6-15,17-21,26H,4-5,16H2,1-3H3,(H,31,34)/t21-,26?,29?/m1/s1. The van der Waals surface area contributed by atoms with Gasteiger partial charge >= 0.3 is 0 Å². The molecule has 0 spiro atoms. The van der Waals surface area contributed by atoms with Crippen molar-refractivity contribution >= 4 is 17.3 Å². The molecule has 0 aromatic heterocycles. The van der Waals surface area contributed by atoms with Gasteiger partial charge in [-0.15, -0.1) is 0 Å². The maximum absolute atomic E-state index is 14.1. The van der Waals surface area contributed by atoms with Crippen molar-refractivity contribution in [2.45, 2.75) is 51.6 Å². The number of nitrogens with zero attached hydrogens (tertiary/aromatic N) is 2. The van der Waals surface area contributed by atoms with E-state index < -0.39 is 5.54 Å². The summed E-state index contributed by atoms with van der Waals surface area (Å²) in [4.78, 5) is 14.1. The summed E-state index contributed by atoms with van der Waals surface area (Å²) >= 11 is 0. The van der Waals surface area contributed by atoms with E-state index in [0.717, 1.165) is 41.8 Å². The van der Waals surface area contributed by atoms with Crippen LogP contribution in [0.4, 0.5) is 10.1 Å². The van der Waals surface area contributed by atoms with E-state index in [1.807, 2.05) is 79.5 Å². The van der Waals surface area contributed by atoms with E-state index in [2.05, 4.69) is 12.2 Å². The number of rotatable bonds is 8. The Labute approximate surface area is 201 Å². The molecule has 0 aliphatic carbocycles. The van der Waals surface area contributed by atoms with E-state index >= 15 is 0 Å². The number of amides is 1. The average Bonchev–Trinajstić information content (AvgIpc) is 3.17. The maximum Gasteiger partial charge on any atom is 0.248 e. The first-order valence-corrected chi connectivity index (χ1v) is 12.0. The van der Waals surface area contributed by atoms with Gasteiger partial charge in [-0.25, -0.2) is 9.40 Å². The Morgan fingerprint density at radius 1 is 1.03 bits per heavy atom. The molecule has 3 aromatic rings. The highest BCUT2D eigenvalue weighted by Crippen LogP contribution is 2.42. The van der Waals surface area contributed by atoms with Gasteiger partial charge in [0.2, 0.25) is 5.91 Å². The number of halogens is 1. The van der Waals surface area contributed by atoms with Gasteiger partial charge in [0, 0.05) is 5.92 Å². The molecule has 4 rings (SSSR count). The van der Waals surface area contributed by atoms with E-state index in [1.54, 1.807) is 12.1 Å². The molecule has 1 N–H and O–H groups in total. The summed E-state index contributed by atoms with van der Waals surface area (Å²) < 4.78 is 13.7. The lowest BCUT2D eigenvalue weighted by Crippen LogP contribution is -2.58. The van der Waals surface area contributed by atoms with Gasteiger partial charge in [0.25, 0.3) is 0 Å². The molecule has 2 unspecified atom stereocenters. The Morgan fingerprint density at radius 3 is 2.26 bits per heavy atom. The van der Waals surface area contributed by atoms with Gasteiger partial charge in [-0.1, -0.05) is 80.4 Å². The third-order valence-corrected chi connectivity index (χ3v) is 6.75. The van der Waals surface area contributed by atoms with Crippen molar-refractivity contribution in [1.29, 1.82) is 0 Å². The Balaban J connectivity index is 1.77. The molecule has 1 heterocycles. The smallest absolute Gasteiger partial charge is 0.248 e.